The number of aliphatic hydroxyl groups is 1. The highest BCUT2D eigenvalue weighted by molar-refractivity contribution is 7.16. The van der Waals surface area contributed by atoms with E-state index in [4.69, 9.17) is 41.0 Å². The first-order valence-electron chi connectivity index (χ1n) is 24.6. The number of hydrogen-bond donors (Lipinski definition) is 8. The Morgan fingerprint density at radius 3 is 2.27 bits per heavy atom. The van der Waals surface area contributed by atoms with Gasteiger partial charge in [0.25, 0.3) is 23.6 Å². The van der Waals surface area contributed by atoms with Gasteiger partial charge in [0.15, 0.2) is 5.13 Å². The number of aryl methyl sites for hydroxylation is 1. The molecule has 1 aliphatic carbocycles. The largest absolute Gasteiger partial charge is 0.446 e. The van der Waals surface area contributed by atoms with Crippen LogP contribution >= 0.6 is 68.0 Å². The minimum Gasteiger partial charge on any atom is -0.446 e. The van der Waals surface area contributed by atoms with E-state index in [1.165, 1.54) is 48.2 Å². The van der Waals surface area contributed by atoms with Crippen LogP contribution in [-0.2, 0) is 25.7 Å². The molecule has 30 heteroatoms. The number of fused-ring (bicyclic) bond motifs is 14. The molecular formula is C50H49N15O9S6. The number of rotatable bonds is 9. The maximum atomic E-state index is 14.2. The zero-order chi connectivity index (χ0) is 56.2. The van der Waals surface area contributed by atoms with Crippen molar-refractivity contribution in [1.82, 2.24) is 55.8 Å². The summed E-state index contributed by atoms with van der Waals surface area (Å²) in [6.07, 6.45) is 0.402. The van der Waals surface area contributed by atoms with Crippen LogP contribution in [0.2, 0.25) is 0 Å². The Morgan fingerprint density at radius 2 is 1.50 bits per heavy atom. The molecule has 1 fully saturated rings. The summed E-state index contributed by atoms with van der Waals surface area (Å²) in [5, 5.41) is 34.8. The molecule has 10 bridgehead atoms. The second kappa shape index (κ2) is 24.5. The molecular weight excluding hydrogens is 1150 g/mol. The molecule has 414 valence electrons. The zero-order valence-corrected chi connectivity index (χ0v) is 47.5. The molecule has 2 aliphatic rings. The monoisotopic (exact) mass is 1200 g/mol. The molecule has 1 aromatic carbocycles. The van der Waals surface area contributed by atoms with Crippen molar-refractivity contribution in [3.8, 4) is 43.4 Å². The Hall–Kier alpha value is -7.39. The highest BCUT2D eigenvalue weighted by atomic mass is 32.1. The second-order valence-electron chi connectivity index (χ2n) is 18.2. The summed E-state index contributed by atoms with van der Waals surface area (Å²) >= 11 is 6.86. The number of nitrogens with two attached hydrogens (primary N) is 2. The van der Waals surface area contributed by atoms with E-state index in [0.29, 0.717) is 71.5 Å². The molecule has 0 saturated heterocycles. The maximum Gasteiger partial charge on any atom is 0.413 e. The highest BCUT2D eigenvalue weighted by Gasteiger charge is 2.35. The van der Waals surface area contributed by atoms with Gasteiger partial charge in [-0.25, -0.2) is 45.5 Å². The highest BCUT2D eigenvalue weighted by Crippen LogP contribution is 2.41. The first-order chi connectivity index (χ1) is 38.6. The fraction of sp³-hybridized carbons (Fsp3) is 0.300. The van der Waals surface area contributed by atoms with Crippen LogP contribution in [0.5, 0.6) is 0 Å². The van der Waals surface area contributed by atoms with Crippen molar-refractivity contribution in [2.75, 3.05) is 31.3 Å². The number of hydrazine groups is 1. The topological polar surface area (TPSA) is 347 Å². The van der Waals surface area contributed by atoms with Gasteiger partial charge in [0.1, 0.15) is 83.3 Å². The predicted octanol–water partition coefficient (Wildman–Crippen LogP) is 6.84. The molecule has 0 unspecified atom stereocenters. The molecule has 1 saturated carbocycles. The van der Waals surface area contributed by atoms with Crippen molar-refractivity contribution in [2.45, 2.75) is 76.0 Å². The molecule has 7 aromatic heterocycles. The van der Waals surface area contributed by atoms with Crippen molar-refractivity contribution in [3.63, 3.8) is 0 Å². The number of amides is 6. The quantitative estimate of drug-likeness (QED) is 0.0541. The van der Waals surface area contributed by atoms with Crippen molar-refractivity contribution < 1.29 is 43.3 Å². The Balaban J connectivity index is 1.03. The number of benzene rings is 1. The number of anilines is 2. The Labute approximate surface area is 479 Å². The van der Waals surface area contributed by atoms with E-state index < -0.39 is 60.4 Å². The first-order valence-corrected chi connectivity index (χ1v) is 29.7. The normalized spacial score (nSPS) is 18.4. The lowest BCUT2D eigenvalue weighted by Gasteiger charge is -2.30. The van der Waals surface area contributed by atoms with Gasteiger partial charge in [-0.15, -0.1) is 56.7 Å². The Bertz CT molecular complexity index is 3610. The summed E-state index contributed by atoms with van der Waals surface area (Å²) in [7, 11) is 2.88. The van der Waals surface area contributed by atoms with Crippen molar-refractivity contribution >= 4 is 115 Å². The van der Waals surface area contributed by atoms with Crippen LogP contribution < -0.4 is 38.2 Å². The van der Waals surface area contributed by atoms with Crippen molar-refractivity contribution in [3.05, 3.63) is 106 Å². The number of aliphatic hydroxyl groups excluding tert-OH is 1. The van der Waals surface area contributed by atoms with Gasteiger partial charge in [0.2, 0.25) is 5.91 Å². The van der Waals surface area contributed by atoms with E-state index in [0.717, 1.165) is 51.9 Å². The summed E-state index contributed by atoms with van der Waals surface area (Å²) in [4.78, 5) is 116. The number of hydrogen-bond acceptors (Lipinski definition) is 24. The van der Waals surface area contributed by atoms with Gasteiger partial charge < -0.3 is 36.3 Å². The lowest BCUT2D eigenvalue weighted by atomic mass is 9.94. The van der Waals surface area contributed by atoms with Crippen LogP contribution in [0, 0.1) is 6.92 Å². The molecule has 8 aromatic rings. The Morgan fingerprint density at radius 1 is 0.775 bits per heavy atom. The molecule has 10 N–H and O–H groups in total. The fourth-order valence-electron chi connectivity index (χ4n) is 8.60. The number of thiazole rings is 6. The van der Waals surface area contributed by atoms with Gasteiger partial charge in [-0.3, -0.25) is 39.6 Å². The fourth-order valence-corrected chi connectivity index (χ4v) is 13.8. The Kier molecular flexibility index (Phi) is 17.2. The smallest absolute Gasteiger partial charge is 0.413 e. The average Bonchev–Trinajstić information content (AvgIpc) is 4.34. The standard InChI is InChI=1S/C50H49N15O9S6/c1-22-36-43(71)64-49-63-38(32(80-49)17-73-3)42(70)54-16-35(67)65(52)39(40(68)23-7-5-4-6-8-23)48-59-31(20-77-48)46-57-29(18-76-46)37-26(44-58-30(19-75-44)41(69)56-28(15-34(66)53-2)47(62-36)79-22)13-14-27(55-37)45-60-33(21-78-45)61-50(72)74-25-11-9-24(51)10-12-25/h4-8,13-14,18-21,24-25,28,39-40,68H,9-12,15-17,51-52H2,1-3H3,(H,53,66)(H,54,70)(H,56,69)(H,61,72)(H,63,64,71)/t24-,25-,28-,39-,40-/m0/s1. The number of nitrogens with one attached hydrogen (secondary N) is 5. The third-order valence-electron chi connectivity index (χ3n) is 12.7. The van der Waals surface area contributed by atoms with Crippen molar-refractivity contribution in [1.29, 1.82) is 0 Å². The van der Waals surface area contributed by atoms with Gasteiger partial charge in [-0.05, 0) is 50.3 Å². The summed E-state index contributed by atoms with van der Waals surface area (Å²) in [5.41, 5.74) is 8.43. The van der Waals surface area contributed by atoms with Crippen molar-refractivity contribution in [2.24, 2.45) is 11.6 Å². The number of ether oxygens (including phenoxy) is 2. The van der Waals surface area contributed by atoms with E-state index in [-0.39, 0.29) is 63.2 Å². The van der Waals surface area contributed by atoms with E-state index >= 15 is 0 Å². The van der Waals surface area contributed by atoms with Crippen LogP contribution in [0.25, 0.3) is 43.4 Å². The van der Waals surface area contributed by atoms with Gasteiger partial charge in [0.05, 0.1) is 36.2 Å². The minimum atomic E-state index is -1.38. The molecule has 6 amide bonds. The minimum absolute atomic E-state index is 0.0176. The van der Waals surface area contributed by atoms with Gasteiger partial charge >= 0.3 is 6.09 Å². The summed E-state index contributed by atoms with van der Waals surface area (Å²) in [5.74, 6) is 3.59. The number of nitrogens with zero attached hydrogens (tertiary/aromatic N) is 8. The molecule has 3 atom stereocenters. The second-order valence-corrected chi connectivity index (χ2v) is 23.9. The van der Waals surface area contributed by atoms with Crippen LogP contribution in [0.15, 0.2) is 64.0 Å². The van der Waals surface area contributed by atoms with E-state index in [9.17, 15) is 33.9 Å². The van der Waals surface area contributed by atoms with E-state index in [1.807, 2.05) is 0 Å². The molecule has 8 heterocycles. The number of carbonyl (C=O) groups excluding carboxylic acids is 6. The van der Waals surface area contributed by atoms with Gasteiger partial charge in [0, 0.05) is 52.2 Å². The van der Waals surface area contributed by atoms with E-state index in [2.05, 4.69) is 41.5 Å². The third kappa shape index (κ3) is 12.5. The molecule has 80 heavy (non-hydrogen) atoms. The van der Waals surface area contributed by atoms with Crippen LogP contribution in [0.4, 0.5) is 15.7 Å². The number of aromatic nitrogens is 7. The summed E-state index contributed by atoms with van der Waals surface area (Å²) in [6.45, 7) is 0.963. The lowest BCUT2D eigenvalue weighted by molar-refractivity contribution is -0.136. The van der Waals surface area contributed by atoms with Gasteiger partial charge in [-0.1, -0.05) is 41.7 Å². The van der Waals surface area contributed by atoms with E-state index in [1.54, 1.807) is 70.9 Å². The average molecular weight is 1200 g/mol. The number of methoxy groups -OCH3 is 1. The molecule has 0 radical (unpaired) electrons. The van der Waals surface area contributed by atoms with Crippen LogP contribution in [0.1, 0.15) is 107 Å². The molecule has 10 rings (SSSR count). The molecule has 0 spiro atoms. The number of carbonyl (C=O) groups is 6. The molecule has 1 aliphatic heterocycles. The zero-order valence-electron chi connectivity index (χ0n) is 42.6. The number of pyridine rings is 1. The summed E-state index contributed by atoms with van der Waals surface area (Å²) in [6, 6.07) is 9.97. The third-order valence-corrected chi connectivity index (χ3v) is 18.2. The SMILES string of the molecule is CNC(=O)C[C@@H]1NC(=O)c2csc(n2)-c2ccc(-c3nc(NC(=O)O[C@H]4CC[C@H](N)CC4)cs3)nc2-c2csc(n2)-c2csc(n2)[C@H]([C@@H](O)c2ccccc2)N(N)C(=O)CNC(=O)c2nc(sc2COC)NC(=O)c2nc1sc2C. The lowest BCUT2D eigenvalue weighted by Crippen LogP contribution is -2.47. The summed E-state index contributed by atoms with van der Waals surface area (Å²) < 4.78 is 11.0. The predicted molar refractivity (Wildman–Crippen MR) is 303 cm³/mol. The first kappa shape index (κ1) is 55.9. The van der Waals surface area contributed by atoms with Crippen LogP contribution in [-0.4, -0.2) is 113 Å². The van der Waals surface area contributed by atoms with Crippen LogP contribution in [0.3, 0.4) is 0 Å². The molecule has 24 nitrogen and oxygen atoms in total. The van der Waals surface area contributed by atoms with Gasteiger partial charge in [-0.2, -0.15) is 0 Å². The maximum absolute atomic E-state index is 14.2.